The maximum atomic E-state index is 7.34. The molecule has 1 heterocycles. The molecule has 0 amide bonds. The van der Waals surface area contributed by atoms with E-state index in [1.807, 2.05) is 0 Å². The minimum absolute atomic E-state index is 0.0598. The average Bonchev–Trinajstić information content (AvgIpc) is 3.51. The molecule has 2 atom stereocenters. The number of aromatic nitrogens is 1. The smallest absolute Gasteiger partial charge is 0.192 e. The Morgan fingerprint density at radius 2 is 1.46 bits per heavy atom. The molecule has 0 aliphatic heterocycles. The van der Waals surface area contributed by atoms with Crippen LogP contribution in [0.15, 0.2) is 60.9 Å². The summed E-state index contributed by atoms with van der Waals surface area (Å²) in [6.45, 7) is 14.7. The summed E-state index contributed by atoms with van der Waals surface area (Å²) >= 11 is 0. The Bertz CT molecular complexity index is 1130. The van der Waals surface area contributed by atoms with Crippen LogP contribution in [0, 0.1) is 18.8 Å². The summed E-state index contributed by atoms with van der Waals surface area (Å²) < 4.78 is 21.3. The summed E-state index contributed by atoms with van der Waals surface area (Å²) in [5.41, 5.74) is 5.19. The van der Waals surface area contributed by atoms with Crippen LogP contribution in [0.1, 0.15) is 55.5 Å². The number of benzene rings is 2. The predicted octanol–water partition coefficient (Wildman–Crippen LogP) is 8.00. The zero-order chi connectivity index (χ0) is 26.8. The Kier molecular flexibility index (Phi) is 8.25. The van der Waals surface area contributed by atoms with Gasteiger partial charge in [-0.1, -0.05) is 45.0 Å². The summed E-state index contributed by atoms with van der Waals surface area (Å²) in [4.78, 5) is 0. The van der Waals surface area contributed by atoms with Crippen molar-refractivity contribution in [3.63, 3.8) is 0 Å². The van der Waals surface area contributed by atoms with E-state index < -0.39 is 8.32 Å². The van der Waals surface area contributed by atoms with Crippen LogP contribution in [0.5, 0.6) is 11.5 Å². The van der Waals surface area contributed by atoms with Crippen LogP contribution in [0.25, 0.3) is 0 Å². The van der Waals surface area contributed by atoms with Crippen molar-refractivity contribution in [3.8, 4) is 11.5 Å². The third-order valence-electron chi connectivity index (χ3n) is 8.64. The second-order valence-corrected chi connectivity index (χ2v) is 17.0. The van der Waals surface area contributed by atoms with Gasteiger partial charge in [0, 0.05) is 30.4 Å². The minimum atomic E-state index is -2.09. The summed E-state index contributed by atoms with van der Waals surface area (Å²) in [5, 5.41) is 0.103. The first-order valence-corrected chi connectivity index (χ1v) is 16.5. The molecule has 4 nitrogen and oxygen atoms in total. The van der Waals surface area contributed by atoms with Crippen LogP contribution in [-0.4, -0.2) is 27.1 Å². The number of nitrogens with zero attached hydrogens (tertiary/aromatic N) is 1. The van der Waals surface area contributed by atoms with Crippen molar-refractivity contribution in [2.24, 2.45) is 11.8 Å². The summed E-state index contributed by atoms with van der Waals surface area (Å²) in [6.07, 6.45) is 7.68. The zero-order valence-corrected chi connectivity index (χ0v) is 25.0. The fourth-order valence-corrected chi connectivity index (χ4v) is 6.82. The van der Waals surface area contributed by atoms with E-state index in [2.05, 4.69) is 106 Å². The Morgan fingerprint density at radius 1 is 0.919 bits per heavy atom. The highest BCUT2D eigenvalue weighted by molar-refractivity contribution is 6.74. The summed E-state index contributed by atoms with van der Waals surface area (Å²) in [7, 11) is 1.38. The first kappa shape index (κ1) is 27.5. The molecule has 0 unspecified atom stereocenters. The first-order chi connectivity index (χ1) is 17.5. The Labute approximate surface area is 225 Å². The maximum absolute atomic E-state index is 7.34. The molecule has 0 bridgehead atoms. The Morgan fingerprint density at radius 3 is 1.95 bits per heavy atom. The van der Waals surface area contributed by atoms with Gasteiger partial charge in [0.2, 0.25) is 0 Å². The van der Waals surface area contributed by atoms with E-state index in [-0.39, 0.29) is 11.1 Å². The Hall–Kier alpha value is -2.50. The topological polar surface area (TPSA) is 32.6 Å². The number of hydrogen-bond donors (Lipinski definition) is 0. The fraction of sp³-hybridized carbons (Fsp3) is 0.500. The average molecular weight is 520 g/mol. The van der Waals surface area contributed by atoms with Crippen LogP contribution in [0.3, 0.4) is 0 Å². The number of fused-ring (bicyclic) bond motifs is 1. The SMILES string of the molecule is COc1cc([C@@H](O[Si](C)(C)C(C)(C)C)[C@@H](CC2Cc3ccccc3C2)Cn2cccc2)cc(OC)c1C. The van der Waals surface area contributed by atoms with Crippen molar-refractivity contribution in [1.82, 2.24) is 4.57 Å². The van der Waals surface area contributed by atoms with Crippen molar-refractivity contribution < 1.29 is 13.9 Å². The fourth-order valence-electron chi connectivity index (χ4n) is 5.50. The van der Waals surface area contributed by atoms with Crippen molar-refractivity contribution >= 4 is 8.32 Å². The minimum Gasteiger partial charge on any atom is -0.496 e. The highest BCUT2D eigenvalue weighted by atomic mass is 28.4. The summed E-state index contributed by atoms with van der Waals surface area (Å²) in [6, 6.07) is 17.5. The van der Waals surface area contributed by atoms with E-state index in [4.69, 9.17) is 13.9 Å². The largest absolute Gasteiger partial charge is 0.496 e. The van der Waals surface area contributed by atoms with Gasteiger partial charge in [0.05, 0.1) is 20.3 Å². The second kappa shape index (κ2) is 11.1. The lowest BCUT2D eigenvalue weighted by atomic mass is 9.85. The molecule has 1 aliphatic carbocycles. The van der Waals surface area contributed by atoms with E-state index in [0.717, 1.165) is 48.4 Å². The van der Waals surface area contributed by atoms with Gasteiger partial charge in [-0.2, -0.15) is 0 Å². The maximum Gasteiger partial charge on any atom is 0.192 e. The number of hydrogen-bond acceptors (Lipinski definition) is 3. The molecule has 0 fully saturated rings. The summed E-state index contributed by atoms with van der Waals surface area (Å²) in [5.74, 6) is 2.62. The molecule has 2 aromatic carbocycles. The number of ether oxygens (including phenoxy) is 2. The van der Waals surface area contributed by atoms with Crippen molar-refractivity contribution in [2.45, 2.75) is 77.7 Å². The monoisotopic (exact) mass is 519 g/mol. The van der Waals surface area contributed by atoms with Crippen LogP contribution in [0.4, 0.5) is 0 Å². The van der Waals surface area contributed by atoms with Crippen molar-refractivity contribution in [2.75, 3.05) is 14.2 Å². The molecule has 0 saturated carbocycles. The molecule has 0 spiro atoms. The van der Waals surface area contributed by atoms with Gasteiger partial charge in [0.25, 0.3) is 0 Å². The van der Waals surface area contributed by atoms with E-state index in [1.165, 1.54) is 11.1 Å². The molecule has 0 radical (unpaired) electrons. The molecular formula is C32H45NO3Si. The molecule has 1 aromatic heterocycles. The van der Waals surface area contributed by atoms with E-state index in [0.29, 0.717) is 11.8 Å². The van der Waals surface area contributed by atoms with Gasteiger partial charge in [-0.25, -0.2) is 0 Å². The Balaban J connectivity index is 1.76. The van der Waals surface area contributed by atoms with Gasteiger partial charge < -0.3 is 18.5 Å². The third kappa shape index (κ3) is 6.15. The molecule has 5 heteroatoms. The van der Waals surface area contributed by atoms with Gasteiger partial charge >= 0.3 is 0 Å². The molecule has 3 aromatic rings. The van der Waals surface area contributed by atoms with E-state index >= 15 is 0 Å². The molecule has 4 rings (SSSR count). The molecular weight excluding hydrogens is 474 g/mol. The van der Waals surface area contributed by atoms with E-state index in [1.54, 1.807) is 14.2 Å². The van der Waals surface area contributed by atoms with Gasteiger partial charge in [0.15, 0.2) is 8.32 Å². The van der Waals surface area contributed by atoms with Crippen LogP contribution < -0.4 is 9.47 Å². The first-order valence-electron chi connectivity index (χ1n) is 13.6. The molecule has 200 valence electrons. The molecule has 0 saturated heterocycles. The normalized spacial score (nSPS) is 15.9. The third-order valence-corrected chi connectivity index (χ3v) is 13.1. The van der Waals surface area contributed by atoms with Gasteiger partial charge in [-0.05, 0) is 91.2 Å². The van der Waals surface area contributed by atoms with Crippen molar-refractivity contribution in [1.29, 1.82) is 0 Å². The van der Waals surface area contributed by atoms with E-state index in [9.17, 15) is 0 Å². The second-order valence-electron chi connectivity index (χ2n) is 12.3. The zero-order valence-electron chi connectivity index (χ0n) is 24.0. The standard InChI is InChI=1S/C32H45NO3Si/c1-23-29(34-5)20-27(21-30(23)35-6)31(36-37(7,8)32(2,3)4)28(22-33-15-11-12-16-33)19-24-17-25-13-9-10-14-26(25)18-24/h9-16,20-21,24,28,31H,17-19,22H2,1-8H3/t28-,31+/m0/s1. The van der Waals surface area contributed by atoms with Crippen LogP contribution in [-0.2, 0) is 23.8 Å². The van der Waals surface area contributed by atoms with Gasteiger partial charge in [-0.15, -0.1) is 0 Å². The quantitative estimate of drug-likeness (QED) is 0.254. The van der Waals surface area contributed by atoms with Crippen LogP contribution in [0.2, 0.25) is 18.1 Å². The lowest BCUT2D eigenvalue weighted by molar-refractivity contribution is 0.0904. The van der Waals surface area contributed by atoms with Crippen molar-refractivity contribution in [3.05, 3.63) is 83.2 Å². The number of rotatable bonds is 10. The highest BCUT2D eigenvalue weighted by Gasteiger charge is 2.42. The molecule has 0 N–H and O–H groups in total. The molecule has 1 aliphatic rings. The lowest BCUT2D eigenvalue weighted by Gasteiger charge is -2.42. The molecule has 37 heavy (non-hydrogen) atoms. The highest BCUT2D eigenvalue weighted by Crippen LogP contribution is 2.46. The van der Waals surface area contributed by atoms with Crippen LogP contribution >= 0.6 is 0 Å². The predicted molar refractivity (Wildman–Crippen MR) is 155 cm³/mol. The van der Waals surface area contributed by atoms with Gasteiger partial charge in [0.1, 0.15) is 11.5 Å². The number of methoxy groups -OCH3 is 2. The lowest BCUT2D eigenvalue weighted by Crippen LogP contribution is -2.43. The van der Waals surface area contributed by atoms with Gasteiger partial charge in [-0.3, -0.25) is 0 Å².